The molecule has 0 saturated carbocycles. The average molecular weight is 400 g/mol. The highest BCUT2D eigenvalue weighted by Gasteiger charge is 2.26. The van der Waals surface area contributed by atoms with E-state index in [0.29, 0.717) is 5.69 Å². The third-order valence-electron chi connectivity index (χ3n) is 3.36. The Hall–Kier alpha value is -2.09. The number of anilines is 1. The van der Waals surface area contributed by atoms with Crippen molar-refractivity contribution in [2.24, 2.45) is 5.92 Å². The molecule has 7 nitrogen and oxygen atoms in total. The number of alkyl halides is 1. The molecule has 0 heterocycles. The van der Waals surface area contributed by atoms with Gasteiger partial charge in [0.15, 0.2) is 0 Å². The zero-order valence-corrected chi connectivity index (χ0v) is 15.4. The largest absolute Gasteiger partial charge is 0.465 e. The normalized spacial score (nSPS) is 13.0. The Kier molecular flexibility index (Phi) is 7.70. The first-order valence-electron chi connectivity index (χ1n) is 7.50. The predicted octanol–water partition coefficient (Wildman–Crippen LogP) is 2.32. The second-order valence-corrected chi connectivity index (χ2v) is 6.28. The van der Waals surface area contributed by atoms with Gasteiger partial charge < -0.3 is 21.1 Å². The molecule has 0 aliphatic carbocycles. The highest BCUT2D eigenvalue weighted by atomic mass is 79.9. The van der Waals surface area contributed by atoms with Gasteiger partial charge >= 0.3 is 6.09 Å². The van der Waals surface area contributed by atoms with Gasteiger partial charge in [-0.3, -0.25) is 9.59 Å². The molecular weight excluding hydrogens is 378 g/mol. The van der Waals surface area contributed by atoms with Crippen LogP contribution in [-0.4, -0.2) is 35.1 Å². The Morgan fingerprint density at radius 2 is 1.62 bits per heavy atom. The number of halogens is 1. The van der Waals surface area contributed by atoms with E-state index < -0.39 is 24.1 Å². The maximum Gasteiger partial charge on any atom is 0.405 e. The van der Waals surface area contributed by atoms with Gasteiger partial charge in [0, 0.05) is 11.0 Å². The summed E-state index contributed by atoms with van der Waals surface area (Å²) >= 11 is 3.34. The summed E-state index contributed by atoms with van der Waals surface area (Å²) in [7, 11) is 0. The Morgan fingerprint density at radius 1 is 1.04 bits per heavy atom. The number of amides is 3. The van der Waals surface area contributed by atoms with Gasteiger partial charge in [-0.25, -0.2) is 4.79 Å². The van der Waals surface area contributed by atoms with Crippen LogP contribution >= 0.6 is 15.9 Å². The fourth-order valence-electron chi connectivity index (χ4n) is 1.96. The maximum atomic E-state index is 12.1. The molecule has 0 fully saturated rings. The molecule has 0 aliphatic heterocycles. The monoisotopic (exact) mass is 399 g/mol. The molecule has 0 aliphatic rings. The molecule has 0 radical (unpaired) electrons. The van der Waals surface area contributed by atoms with Gasteiger partial charge in [-0.1, -0.05) is 41.9 Å². The van der Waals surface area contributed by atoms with Gasteiger partial charge in [-0.05, 0) is 30.5 Å². The molecule has 0 bridgehead atoms. The van der Waals surface area contributed by atoms with Crippen molar-refractivity contribution >= 4 is 39.5 Å². The van der Waals surface area contributed by atoms with Crippen LogP contribution in [-0.2, 0) is 14.9 Å². The van der Waals surface area contributed by atoms with Crippen molar-refractivity contribution in [1.82, 2.24) is 10.6 Å². The van der Waals surface area contributed by atoms with Gasteiger partial charge in [0.05, 0.1) is 0 Å². The SMILES string of the molecule is CC(NC(=O)C(NC(=O)O)C(C)C)C(=O)Nc1ccc(CBr)cc1. The fourth-order valence-corrected chi connectivity index (χ4v) is 2.34. The molecule has 132 valence electrons. The summed E-state index contributed by atoms with van der Waals surface area (Å²) < 4.78 is 0. The quantitative estimate of drug-likeness (QED) is 0.527. The number of carbonyl (C=O) groups is 3. The highest BCUT2D eigenvalue weighted by molar-refractivity contribution is 9.08. The second-order valence-electron chi connectivity index (χ2n) is 5.72. The molecule has 1 aromatic rings. The van der Waals surface area contributed by atoms with E-state index in [1.165, 1.54) is 6.92 Å². The van der Waals surface area contributed by atoms with E-state index in [-0.39, 0.29) is 11.8 Å². The van der Waals surface area contributed by atoms with Crippen LogP contribution in [0.4, 0.5) is 10.5 Å². The zero-order valence-electron chi connectivity index (χ0n) is 13.8. The second kappa shape index (κ2) is 9.27. The van der Waals surface area contributed by atoms with Crippen LogP contribution < -0.4 is 16.0 Å². The number of hydrogen-bond donors (Lipinski definition) is 4. The van der Waals surface area contributed by atoms with Crippen molar-refractivity contribution in [1.29, 1.82) is 0 Å². The third kappa shape index (κ3) is 6.19. The molecule has 1 aromatic carbocycles. The van der Waals surface area contributed by atoms with Crippen LogP contribution in [0.1, 0.15) is 26.3 Å². The Bertz CT molecular complexity index is 589. The van der Waals surface area contributed by atoms with Crippen molar-refractivity contribution in [2.45, 2.75) is 38.2 Å². The highest BCUT2D eigenvalue weighted by Crippen LogP contribution is 2.12. The van der Waals surface area contributed by atoms with Gasteiger partial charge in [0.25, 0.3) is 0 Å². The number of rotatable bonds is 7. The van der Waals surface area contributed by atoms with E-state index in [2.05, 4.69) is 31.9 Å². The summed E-state index contributed by atoms with van der Waals surface area (Å²) in [6.45, 7) is 4.98. The maximum absolute atomic E-state index is 12.1. The number of carbonyl (C=O) groups excluding carboxylic acids is 2. The van der Waals surface area contributed by atoms with E-state index in [1.807, 2.05) is 12.1 Å². The minimum Gasteiger partial charge on any atom is -0.465 e. The lowest BCUT2D eigenvalue weighted by Crippen LogP contribution is -2.53. The molecule has 24 heavy (non-hydrogen) atoms. The summed E-state index contributed by atoms with van der Waals surface area (Å²) in [5, 5.41) is 16.9. The smallest absolute Gasteiger partial charge is 0.405 e. The van der Waals surface area contributed by atoms with Crippen LogP contribution in [0, 0.1) is 5.92 Å². The van der Waals surface area contributed by atoms with Crippen molar-refractivity contribution in [2.75, 3.05) is 5.32 Å². The minimum absolute atomic E-state index is 0.242. The first-order valence-corrected chi connectivity index (χ1v) is 8.62. The van der Waals surface area contributed by atoms with Gasteiger partial charge in [0.2, 0.25) is 11.8 Å². The molecule has 0 saturated heterocycles. The Balaban J connectivity index is 2.64. The van der Waals surface area contributed by atoms with Gasteiger partial charge in [0.1, 0.15) is 12.1 Å². The van der Waals surface area contributed by atoms with E-state index in [4.69, 9.17) is 5.11 Å². The number of hydrogen-bond acceptors (Lipinski definition) is 3. The Labute approximate surface area is 149 Å². The first kappa shape index (κ1) is 20.0. The fraction of sp³-hybridized carbons (Fsp3) is 0.438. The van der Waals surface area contributed by atoms with Crippen molar-refractivity contribution in [3.05, 3.63) is 29.8 Å². The number of carboxylic acid groups (broad SMARTS) is 1. The summed E-state index contributed by atoms with van der Waals surface area (Å²) in [6.07, 6.45) is -1.28. The molecule has 8 heteroatoms. The van der Waals surface area contributed by atoms with Crippen LogP contribution in [0.2, 0.25) is 0 Å². The van der Waals surface area contributed by atoms with E-state index in [0.717, 1.165) is 10.9 Å². The summed E-state index contributed by atoms with van der Waals surface area (Å²) in [5.74, 6) is -1.16. The Morgan fingerprint density at radius 3 is 2.08 bits per heavy atom. The van der Waals surface area contributed by atoms with Crippen molar-refractivity contribution in [3.63, 3.8) is 0 Å². The summed E-state index contributed by atoms with van der Waals surface area (Å²) in [4.78, 5) is 35.1. The number of nitrogens with one attached hydrogen (secondary N) is 3. The van der Waals surface area contributed by atoms with Crippen LogP contribution in [0.15, 0.2) is 24.3 Å². The minimum atomic E-state index is -1.28. The summed E-state index contributed by atoms with van der Waals surface area (Å²) in [6, 6.07) is 5.57. The van der Waals surface area contributed by atoms with E-state index >= 15 is 0 Å². The lowest BCUT2D eigenvalue weighted by molar-refractivity contribution is -0.128. The average Bonchev–Trinajstić information content (AvgIpc) is 2.52. The molecule has 4 N–H and O–H groups in total. The molecule has 3 amide bonds. The number of benzene rings is 1. The van der Waals surface area contributed by atoms with Crippen LogP contribution in [0.25, 0.3) is 0 Å². The van der Waals surface area contributed by atoms with E-state index in [9.17, 15) is 14.4 Å². The lowest BCUT2D eigenvalue weighted by Gasteiger charge is -2.22. The molecule has 0 aromatic heterocycles. The molecule has 2 atom stereocenters. The van der Waals surface area contributed by atoms with Crippen LogP contribution in [0.5, 0.6) is 0 Å². The van der Waals surface area contributed by atoms with Crippen molar-refractivity contribution < 1.29 is 19.5 Å². The van der Waals surface area contributed by atoms with Gasteiger partial charge in [-0.2, -0.15) is 0 Å². The van der Waals surface area contributed by atoms with Crippen LogP contribution in [0.3, 0.4) is 0 Å². The predicted molar refractivity (Wildman–Crippen MR) is 95.1 cm³/mol. The van der Waals surface area contributed by atoms with E-state index in [1.54, 1.807) is 26.0 Å². The third-order valence-corrected chi connectivity index (χ3v) is 4.00. The van der Waals surface area contributed by atoms with Gasteiger partial charge in [-0.15, -0.1) is 0 Å². The summed E-state index contributed by atoms with van der Waals surface area (Å²) in [5.41, 5.74) is 1.70. The topological polar surface area (TPSA) is 108 Å². The molecular formula is C16H22BrN3O4. The molecule has 1 rings (SSSR count). The lowest BCUT2D eigenvalue weighted by atomic mass is 10.0. The standard InChI is InChI=1S/C16H22BrN3O4/c1-9(2)13(20-16(23)24)15(22)18-10(3)14(21)19-12-6-4-11(8-17)5-7-12/h4-7,9-10,13,20H,8H2,1-3H3,(H,18,22)(H,19,21)(H,23,24). The molecule has 0 spiro atoms. The molecule has 2 unspecified atom stereocenters. The zero-order chi connectivity index (χ0) is 18.3. The van der Waals surface area contributed by atoms with Crippen molar-refractivity contribution in [3.8, 4) is 0 Å². The first-order chi connectivity index (χ1) is 11.2.